The Kier molecular flexibility index (Phi) is 4.22. The Labute approximate surface area is 58.7 Å². The second kappa shape index (κ2) is 4.44. The van der Waals surface area contributed by atoms with Crippen molar-refractivity contribution in [3.63, 3.8) is 0 Å². The molecule has 0 bridgehead atoms. The van der Waals surface area contributed by atoms with Gasteiger partial charge in [0.2, 0.25) is 0 Å². The van der Waals surface area contributed by atoms with Crippen LogP contribution in [0.3, 0.4) is 0 Å². The predicted molar refractivity (Wildman–Crippen MR) is 42.1 cm³/mol. The highest BCUT2D eigenvalue weighted by Gasteiger charge is 1.89. The quantitative estimate of drug-likeness (QED) is 0.471. The highest BCUT2D eigenvalue weighted by Crippen LogP contribution is 1.97. The van der Waals surface area contributed by atoms with Gasteiger partial charge in [0.25, 0.3) is 0 Å². The zero-order chi connectivity index (χ0) is 7.28. The van der Waals surface area contributed by atoms with E-state index >= 15 is 0 Å². The Bertz CT molecular complexity index is 112. The second-order valence-corrected chi connectivity index (χ2v) is 2.75. The molecule has 9 heavy (non-hydrogen) atoms. The van der Waals surface area contributed by atoms with Crippen LogP contribution in [0.1, 0.15) is 34.1 Å². The molecule has 0 heterocycles. The Morgan fingerprint density at radius 3 is 2.00 bits per heavy atom. The summed E-state index contributed by atoms with van der Waals surface area (Å²) in [4.78, 5) is 0. The molecule has 0 aromatic heterocycles. The Morgan fingerprint density at radius 1 is 1.11 bits per heavy atom. The van der Waals surface area contributed by atoms with Crippen LogP contribution in [0.15, 0.2) is 0 Å². The third-order valence-corrected chi connectivity index (χ3v) is 1.23. The molecule has 0 nitrogen and oxygen atoms in total. The van der Waals surface area contributed by atoms with Crippen molar-refractivity contribution in [3.8, 4) is 11.8 Å². The summed E-state index contributed by atoms with van der Waals surface area (Å²) < 4.78 is 0. The van der Waals surface area contributed by atoms with Crippen molar-refractivity contribution in [3.05, 3.63) is 0 Å². The fraction of sp³-hybridized carbons (Fsp3) is 0.778. The molecule has 0 radical (unpaired) electrons. The minimum absolute atomic E-state index is 0.527. The fourth-order valence-corrected chi connectivity index (χ4v) is 0.411. The first-order chi connectivity index (χ1) is 4.16. The third kappa shape index (κ3) is 5.43. The Morgan fingerprint density at radius 2 is 1.67 bits per heavy atom. The molecule has 1 unspecified atom stereocenters. The zero-order valence-electron chi connectivity index (χ0n) is 6.86. The molecule has 0 saturated heterocycles. The van der Waals surface area contributed by atoms with Gasteiger partial charge in [-0.15, -0.1) is 5.92 Å². The molecule has 0 saturated carbocycles. The maximum Gasteiger partial charge on any atom is 0.0172 e. The van der Waals surface area contributed by atoms with Crippen molar-refractivity contribution in [1.82, 2.24) is 0 Å². The summed E-state index contributed by atoms with van der Waals surface area (Å²) in [5, 5.41) is 0. The van der Waals surface area contributed by atoms with Gasteiger partial charge in [-0.2, -0.15) is 0 Å². The minimum atomic E-state index is 0.527. The van der Waals surface area contributed by atoms with Gasteiger partial charge >= 0.3 is 0 Å². The van der Waals surface area contributed by atoms with Crippen LogP contribution in [0.2, 0.25) is 0 Å². The van der Waals surface area contributed by atoms with Crippen LogP contribution < -0.4 is 0 Å². The first-order valence-corrected chi connectivity index (χ1v) is 3.67. The van der Waals surface area contributed by atoms with Crippen LogP contribution in [0.4, 0.5) is 0 Å². The lowest BCUT2D eigenvalue weighted by Gasteiger charge is -1.95. The Balaban J connectivity index is 3.58. The largest absolute Gasteiger partial charge is 0.100 e. The van der Waals surface area contributed by atoms with E-state index in [-0.39, 0.29) is 0 Å². The molecule has 1 atom stereocenters. The van der Waals surface area contributed by atoms with E-state index in [9.17, 15) is 0 Å². The van der Waals surface area contributed by atoms with E-state index in [2.05, 4.69) is 39.5 Å². The molecule has 0 N–H and O–H groups in total. The number of hydrogen-bond acceptors (Lipinski definition) is 0. The molecule has 0 aromatic carbocycles. The summed E-state index contributed by atoms with van der Waals surface area (Å²) in [5.74, 6) is 7.43. The second-order valence-electron chi connectivity index (χ2n) is 2.75. The molecule has 0 rings (SSSR count). The van der Waals surface area contributed by atoms with Gasteiger partial charge in [0.1, 0.15) is 0 Å². The van der Waals surface area contributed by atoms with E-state index in [1.807, 2.05) is 0 Å². The standard InChI is InChI=1S/C9H16/c1-5-9(4)7-6-8(2)3/h8-9H,5H2,1-4H3. The molecule has 0 aliphatic rings. The van der Waals surface area contributed by atoms with Crippen molar-refractivity contribution in [2.24, 2.45) is 11.8 Å². The maximum absolute atomic E-state index is 3.18. The summed E-state index contributed by atoms with van der Waals surface area (Å²) in [6, 6.07) is 0. The zero-order valence-corrected chi connectivity index (χ0v) is 6.86. The van der Waals surface area contributed by atoms with E-state index in [0.717, 1.165) is 0 Å². The van der Waals surface area contributed by atoms with Crippen LogP contribution in [0.5, 0.6) is 0 Å². The lowest BCUT2D eigenvalue weighted by Crippen LogP contribution is -1.87. The van der Waals surface area contributed by atoms with Gasteiger partial charge in [-0.1, -0.05) is 33.6 Å². The summed E-state index contributed by atoms with van der Waals surface area (Å²) >= 11 is 0. The minimum Gasteiger partial charge on any atom is -0.100 e. The van der Waals surface area contributed by atoms with Crippen molar-refractivity contribution in [2.45, 2.75) is 34.1 Å². The first kappa shape index (κ1) is 8.56. The van der Waals surface area contributed by atoms with Crippen molar-refractivity contribution in [2.75, 3.05) is 0 Å². The fourth-order valence-electron chi connectivity index (χ4n) is 0.411. The van der Waals surface area contributed by atoms with Gasteiger partial charge in [0, 0.05) is 11.8 Å². The van der Waals surface area contributed by atoms with Gasteiger partial charge in [0.15, 0.2) is 0 Å². The highest BCUT2D eigenvalue weighted by molar-refractivity contribution is 5.03. The van der Waals surface area contributed by atoms with Gasteiger partial charge in [-0.05, 0) is 6.42 Å². The van der Waals surface area contributed by atoms with Crippen LogP contribution in [-0.2, 0) is 0 Å². The summed E-state index contributed by atoms with van der Waals surface area (Å²) in [6.07, 6.45) is 1.17. The van der Waals surface area contributed by atoms with Gasteiger partial charge < -0.3 is 0 Å². The van der Waals surface area contributed by atoms with Gasteiger partial charge in [-0.25, -0.2) is 0 Å². The predicted octanol–water partition coefficient (Wildman–Crippen LogP) is 2.69. The summed E-state index contributed by atoms with van der Waals surface area (Å²) in [7, 11) is 0. The normalized spacial score (nSPS) is 12.6. The van der Waals surface area contributed by atoms with E-state index in [0.29, 0.717) is 11.8 Å². The molecule has 0 fully saturated rings. The van der Waals surface area contributed by atoms with Crippen molar-refractivity contribution in [1.29, 1.82) is 0 Å². The highest BCUT2D eigenvalue weighted by atomic mass is 13.9. The van der Waals surface area contributed by atoms with Gasteiger partial charge in [0.05, 0.1) is 0 Å². The number of rotatable bonds is 1. The molecule has 0 amide bonds. The first-order valence-electron chi connectivity index (χ1n) is 3.67. The molecule has 52 valence electrons. The lowest BCUT2D eigenvalue weighted by molar-refractivity contribution is 0.718. The average molecular weight is 124 g/mol. The van der Waals surface area contributed by atoms with E-state index in [1.165, 1.54) is 6.42 Å². The SMILES string of the molecule is CCC(C)C#CC(C)C. The van der Waals surface area contributed by atoms with E-state index in [4.69, 9.17) is 0 Å². The van der Waals surface area contributed by atoms with E-state index in [1.54, 1.807) is 0 Å². The number of hydrogen-bond donors (Lipinski definition) is 0. The summed E-state index contributed by atoms with van der Waals surface area (Å²) in [5.41, 5.74) is 0. The van der Waals surface area contributed by atoms with Crippen molar-refractivity contribution >= 4 is 0 Å². The van der Waals surface area contributed by atoms with Crippen LogP contribution in [0.25, 0.3) is 0 Å². The topological polar surface area (TPSA) is 0 Å². The molecule has 0 spiro atoms. The lowest BCUT2D eigenvalue weighted by atomic mass is 10.1. The Hall–Kier alpha value is -0.440. The molecular formula is C9H16. The van der Waals surface area contributed by atoms with Crippen LogP contribution in [-0.4, -0.2) is 0 Å². The summed E-state index contributed by atoms with van der Waals surface area (Å²) in [6.45, 7) is 8.57. The smallest absolute Gasteiger partial charge is 0.0172 e. The maximum atomic E-state index is 3.18. The van der Waals surface area contributed by atoms with E-state index < -0.39 is 0 Å². The molecule has 0 aromatic rings. The molecule has 0 aliphatic carbocycles. The molecule has 0 heteroatoms. The van der Waals surface area contributed by atoms with Crippen LogP contribution in [0, 0.1) is 23.7 Å². The average Bonchev–Trinajstić information content (AvgIpc) is 1.83. The molecule has 0 aliphatic heterocycles. The monoisotopic (exact) mass is 124 g/mol. The molecular weight excluding hydrogens is 108 g/mol. The third-order valence-electron chi connectivity index (χ3n) is 1.23. The van der Waals surface area contributed by atoms with Crippen LogP contribution >= 0.6 is 0 Å². The van der Waals surface area contributed by atoms with Gasteiger partial charge in [-0.3, -0.25) is 0 Å². The van der Waals surface area contributed by atoms with Crippen molar-refractivity contribution < 1.29 is 0 Å².